The Labute approximate surface area is 91.3 Å². The Morgan fingerprint density at radius 3 is 1.47 bits per heavy atom. The SMILES string of the molecule is O=C(F)C(F)(F)OC(F)(C(F)(F)F)C(F)(F)Cl. The van der Waals surface area contributed by atoms with Crippen LogP contribution in [0.1, 0.15) is 0 Å². The summed E-state index contributed by atoms with van der Waals surface area (Å²) in [5.74, 6) is -6.44. The van der Waals surface area contributed by atoms with E-state index in [-0.39, 0.29) is 0 Å². The summed E-state index contributed by atoms with van der Waals surface area (Å²) in [6.45, 7) is 0. The van der Waals surface area contributed by atoms with Gasteiger partial charge in [-0.25, -0.2) is 0 Å². The molecule has 2 nitrogen and oxygen atoms in total. The van der Waals surface area contributed by atoms with Crippen molar-refractivity contribution >= 4 is 17.6 Å². The van der Waals surface area contributed by atoms with E-state index in [1.54, 1.807) is 0 Å². The van der Waals surface area contributed by atoms with E-state index >= 15 is 0 Å². The van der Waals surface area contributed by atoms with Gasteiger partial charge in [0.1, 0.15) is 0 Å². The van der Waals surface area contributed by atoms with Crippen LogP contribution in [0.25, 0.3) is 0 Å². The maximum atomic E-state index is 12.6. The largest absolute Gasteiger partial charge is 0.456 e. The first-order valence-corrected chi connectivity index (χ1v) is 3.63. The van der Waals surface area contributed by atoms with E-state index in [9.17, 15) is 44.3 Å². The van der Waals surface area contributed by atoms with Gasteiger partial charge in [-0.1, -0.05) is 0 Å². The molecule has 0 aromatic rings. The predicted octanol–water partition coefficient (Wildman–Crippen LogP) is 3.15. The molecule has 0 amide bonds. The maximum absolute atomic E-state index is 12.6. The lowest BCUT2D eigenvalue weighted by atomic mass is 10.3. The van der Waals surface area contributed by atoms with Crippen molar-refractivity contribution in [3.8, 4) is 0 Å². The lowest BCUT2D eigenvalue weighted by Gasteiger charge is -2.32. The number of hydrogen-bond donors (Lipinski definition) is 0. The van der Waals surface area contributed by atoms with Gasteiger partial charge >= 0.3 is 29.6 Å². The van der Waals surface area contributed by atoms with E-state index in [1.165, 1.54) is 0 Å². The summed E-state index contributed by atoms with van der Waals surface area (Å²) in [5, 5.41) is -6.01. The van der Waals surface area contributed by atoms with E-state index in [4.69, 9.17) is 0 Å². The molecule has 102 valence electrons. The molecule has 0 heterocycles. The standard InChI is InChI=1S/C5ClF9O2/c6-4(11,12)3(10,5(13,14)15)17-2(8,9)1(7)16. The first kappa shape index (κ1) is 16.3. The Bertz CT molecular complexity index is 291. The summed E-state index contributed by atoms with van der Waals surface area (Å²) in [6, 6.07) is -3.90. The van der Waals surface area contributed by atoms with Crippen LogP contribution < -0.4 is 0 Å². The third kappa shape index (κ3) is 3.15. The molecule has 0 aliphatic carbocycles. The van der Waals surface area contributed by atoms with Gasteiger partial charge in [-0.3, -0.25) is 9.53 Å². The summed E-state index contributed by atoms with van der Waals surface area (Å²) in [7, 11) is 0. The van der Waals surface area contributed by atoms with Crippen molar-refractivity contribution in [2.75, 3.05) is 0 Å². The Morgan fingerprint density at radius 2 is 1.29 bits per heavy atom. The summed E-state index contributed by atoms with van der Waals surface area (Å²) in [6.07, 6.45) is -12.8. The van der Waals surface area contributed by atoms with E-state index in [2.05, 4.69) is 11.6 Å². The van der Waals surface area contributed by atoms with Crippen molar-refractivity contribution in [2.24, 2.45) is 0 Å². The molecule has 0 aromatic heterocycles. The zero-order chi connectivity index (χ0) is 14.3. The monoisotopic (exact) mass is 298 g/mol. The summed E-state index contributed by atoms with van der Waals surface area (Å²) >= 11 is 3.62. The Balaban J connectivity index is 5.49. The average molecular weight is 298 g/mol. The third-order valence-electron chi connectivity index (χ3n) is 1.23. The van der Waals surface area contributed by atoms with E-state index in [0.717, 1.165) is 0 Å². The minimum atomic E-state index is -6.74. The van der Waals surface area contributed by atoms with Crippen LogP contribution in [0.3, 0.4) is 0 Å². The molecular weight excluding hydrogens is 298 g/mol. The molecule has 0 saturated heterocycles. The highest BCUT2D eigenvalue weighted by Crippen LogP contribution is 2.50. The number of carbonyl (C=O) groups excluding carboxylic acids is 1. The molecule has 0 aromatic carbocycles. The fraction of sp³-hybridized carbons (Fsp3) is 0.800. The lowest BCUT2D eigenvalue weighted by molar-refractivity contribution is -0.435. The Kier molecular flexibility index (Phi) is 4.02. The van der Waals surface area contributed by atoms with Gasteiger partial charge in [-0.2, -0.15) is 39.5 Å². The van der Waals surface area contributed by atoms with Crippen LogP contribution >= 0.6 is 11.6 Å². The highest BCUT2D eigenvalue weighted by Gasteiger charge is 2.76. The minimum Gasteiger partial charge on any atom is -0.260 e. The first-order chi connectivity index (χ1) is 7.15. The van der Waals surface area contributed by atoms with Crippen LogP contribution in [0.5, 0.6) is 0 Å². The molecule has 12 heteroatoms. The second-order valence-electron chi connectivity index (χ2n) is 2.48. The topological polar surface area (TPSA) is 26.3 Å². The summed E-state index contributed by atoms with van der Waals surface area (Å²) in [4.78, 5) is 9.43. The zero-order valence-corrected chi connectivity index (χ0v) is 7.85. The lowest BCUT2D eigenvalue weighted by Crippen LogP contribution is -2.58. The van der Waals surface area contributed by atoms with Crippen molar-refractivity contribution in [3.05, 3.63) is 0 Å². The average Bonchev–Trinajstić information content (AvgIpc) is 1.98. The van der Waals surface area contributed by atoms with Crippen molar-refractivity contribution in [2.45, 2.75) is 23.5 Å². The van der Waals surface area contributed by atoms with Crippen LogP contribution in [0.2, 0.25) is 0 Å². The molecule has 1 unspecified atom stereocenters. The Hall–Kier alpha value is -0.710. The zero-order valence-electron chi connectivity index (χ0n) is 7.10. The van der Waals surface area contributed by atoms with E-state index in [1.807, 2.05) is 4.74 Å². The van der Waals surface area contributed by atoms with Crippen LogP contribution in [0.15, 0.2) is 0 Å². The molecular formula is C5ClF9O2. The molecule has 0 spiro atoms. The fourth-order valence-corrected chi connectivity index (χ4v) is 0.639. The number of alkyl halides is 9. The first-order valence-electron chi connectivity index (χ1n) is 3.25. The number of rotatable bonds is 4. The van der Waals surface area contributed by atoms with E-state index in [0.29, 0.717) is 0 Å². The molecule has 17 heavy (non-hydrogen) atoms. The van der Waals surface area contributed by atoms with Gasteiger partial charge in [-0.15, -0.1) is 0 Å². The van der Waals surface area contributed by atoms with Gasteiger partial charge in [0.2, 0.25) is 0 Å². The van der Waals surface area contributed by atoms with Crippen molar-refractivity contribution in [3.63, 3.8) is 0 Å². The molecule has 0 aliphatic rings. The number of carbonyl (C=O) groups is 1. The quantitative estimate of drug-likeness (QED) is 0.453. The minimum absolute atomic E-state index is 1.88. The molecule has 0 saturated carbocycles. The molecule has 1 atom stereocenters. The molecule has 0 N–H and O–H groups in total. The summed E-state index contributed by atoms with van der Waals surface area (Å²) in [5.41, 5.74) is 0. The highest BCUT2D eigenvalue weighted by molar-refractivity contribution is 6.22. The van der Waals surface area contributed by atoms with Gasteiger partial charge in [-0.05, 0) is 11.6 Å². The van der Waals surface area contributed by atoms with Crippen molar-refractivity contribution in [1.29, 1.82) is 0 Å². The molecule has 0 fully saturated rings. The second-order valence-corrected chi connectivity index (χ2v) is 2.96. The summed E-state index contributed by atoms with van der Waals surface area (Å²) < 4.78 is 109. The third-order valence-corrected chi connectivity index (χ3v) is 1.47. The Morgan fingerprint density at radius 1 is 0.941 bits per heavy atom. The van der Waals surface area contributed by atoms with Crippen LogP contribution in [-0.4, -0.2) is 29.6 Å². The number of hydrogen-bond acceptors (Lipinski definition) is 2. The number of halogens is 10. The second kappa shape index (κ2) is 4.19. The van der Waals surface area contributed by atoms with Gasteiger partial charge in [0.15, 0.2) is 0 Å². The van der Waals surface area contributed by atoms with Gasteiger partial charge in [0.05, 0.1) is 0 Å². The van der Waals surface area contributed by atoms with Crippen LogP contribution in [-0.2, 0) is 9.53 Å². The van der Waals surface area contributed by atoms with Crippen molar-refractivity contribution < 1.29 is 49.0 Å². The number of ether oxygens (including phenoxy) is 1. The van der Waals surface area contributed by atoms with Crippen LogP contribution in [0.4, 0.5) is 39.5 Å². The fourth-order valence-electron chi connectivity index (χ4n) is 0.493. The molecule has 0 rings (SSSR count). The van der Waals surface area contributed by atoms with Gasteiger partial charge in [0.25, 0.3) is 0 Å². The molecule has 0 bridgehead atoms. The van der Waals surface area contributed by atoms with Gasteiger partial charge < -0.3 is 0 Å². The molecule has 0 aliphatic heterocycles. The predicted molar refractivity (Wildman–Crippen MR) is 32.8 cm³/mol. The molecule has 0 radical (unpaired) electrons. The van der Waals surface area contributed by atoms with E-state index < -0.39 is 29.6 Å². The highest BCUT2D eigenvalue weighted by atomic mass is 35.5. The van der Waals surface area contributed by atoms with Gasteiger partial charge in [0, 0.05) is 0 Å². The normalized spacial score (nSPS) is 17.8. The smallest absolute Gasteiger partial charge is 0.260 e. The maximum Gasteiger partial charge on any atom is 0.456 e. The van der Waals surface area contributed by atoms with Crippen molar-refractivity contribution in [1.82, 2.24) is 0 Å². The van der Waals surface area contributed by atoms with Crippen LogP contribution in [0, 0.1) is 0 Å².